The minimum Gasteiger partial charge on any atom is -0.352 e. The number of thioether (sulfide) groups is 1. The van der Waals surface area contributed by atoms with Gasteiger partial charge in [-0.25, -0.2) is 0 Å². The van der Waals surface area contributed by atoms with Crippen LogP contribution in [0, 0.1) is 0 Å². The second-order valence-corrected chi connectivity index (χ2v) is 6.27. The van der Waals surface area contributed by atoms with Crippen LogP contribution < -0.4 is 5.32 Å². The minimum atomic E-state index is -0.131. The maximum Gasteiger partial charge on any atom is 0.220 e. The molecule has 4 nitrogen and oxygen atoms in total. The van der Waals surface area contributed by atoms with Gasteiger partial charge in [-0.05, 0) is 32.9 Å². The van der Waals surface area contributed by atoms with E-state index in [1.807, 2.05) is 40.2 Å². The highest BCUT2D eigenvalue weighted by Crippen LogP contribution is 2.17. The fraction of sp³-hybridized carbons (Fsp3) is 0.667. The summed E-state index contributed by atoms with van der Waals surface area (Å²) in [5.74, 6) is 1.08. The van der Waals surface area contributed by atoms with Crippen molar-refractivity contribution < 1.29 is 4.79 Å². The van der Waals surface area contributed by atoms with Crippen LogP contribution in [0.3, 0.4) is 0 Å². The number of carbonyl (C=O) groups excluding carboxylic acids is 1. The van der Waals surface area contributed by atoms with Crippen LogP contribution in [0.15, 0.2) is 17.3 Å². The Hall–Kier alpha value is -0.970. The second-order valence-electron chi connectivity index (χ2n) is 5.10. The SMILES string of the molecule is Cn1cc(SCCCC(=O)NC(C)(C)C)cn1. The van der Waals surface area contributed by atoms with Crippen LogP contribution in [0.5, 0.6) is 0 Å². The van der Waals surface area contributed by atoms with Gasteiger partial charge in [0.15, 0.2) is 0 Å². The van der Waals surface area contributed by atoms with Gasteiger partial charge in [-0.3, -0.25) is 9.48 Å². The molecule has 96 valence electrons. The summed E-state index contributed by atoms with van der Waals surface area (Å²) in [6.45, 7) is 5.99. The highest BCUT2D eigenvalue weighted by molar-refractivity contribution is 7.99. The average Bonchev–Trinajstić information content (AvgIpc) is 2.56. The number of aromatic nitrogens is 2. The quantitative estimate of drug-likeness (QED) is 0.648. The summed E-state index contributed by atoms with van der Waals surface area (Å²) >= 11 is 1.74. The molecule has 1 aromatic rings. The Morgan fingerprint density at radius 2 is 2.24 bits per heavy atom. The van der Waals surface area contributed by atoms with Crippen molar-refractivity contribution in [2.75, 3.05) is 5.75 Å². The summed E-state index contributed by atoms with van der Waals surface area (Å²) in [7, 11) is 1.90. The minimum absolute atomic E-state index is 0.129. The molecule has 0 saturated heterocycles. The van der Waals surface area contributed by atoms with Gasteiger partial charge in [0.1, 0.15) is 0 Å². The van der Waals surface area contributed by atoms with Gasteiger partial charge in [0, 0.05) is 30.1 Å². The molecule has 0 fully saturated rings. The number of hydrogen-bond acceptors (Lipinski definition) is 3. The number of nitrogens with one attached hydrogen (secondary N) is 1. The topological polar surface area (TPSA) is 46.9 Å². The summed E-state index contributed by atoms with van der Waals surface area (Å²) in [6, 6.07) is 0. The van der Waals surface area contributed by atoms with E-state index in [0.29, 0.717) is 6.42 Å². The number of hydrogen-bond donors (Lipinski definition) is 1. The van der Waals surface area contributed by atoms with Crippen molar-refractivity contribution in [3.8, 4) is 0 Å². The lowest BCUT2D eigenvalue weighted by Crippen LogP contribution is -2.40. The molecule has 0 aliphatic carbocycles. The smallest absolute Gasteiger partial charge is 0.220 e. The third-order valence-electron chi connectivity index (χ3n) is 2.01. The summed E-state index contributed by atoms with van der Waals surface area (Å²) in [5, 5.41) is 7.05. The summed E-state index contributed by atoms with van der Waals surface area (Å²) in [6.07, 6.45) is 5.31. The van der Waals surface area contributed by atoms with Crippen LogP contribution in [-0.4, -0.2) is 27.0 Å². The predicted molar refractivity (Wildman–Crippen MR) is 71.1 cm³/mol. The van der Waals surface area contributed by atoms with Crippen LogP contribution in [0.2, 0.25) is 0 Å². The van der Waals surface area contributed by atoms with E-state index in [-0.39, 0.29) is 11.4 Å². The predicted octanol–water partition coefficient (Wildman–Crippen LogP) is 2.21. The summed E-state index contributed by atoms with van der Waals surface area (Å²) in [4.78, 5) is 12.7. The molecule has 0 radical (unpaired) electrons. The van der Waals surface area contributed by atoms with Crippen LogP contribution >= 0.6 is 11.8 Å². The largest absolute Gasteiger partial charge is 0.352 e. The maximum absolute atomic E-state index is 11.5. The van der Waals surface area contributed by atoms with E-state index in [0.717, 1.165) is 17.1 Å². The Balaban J connectivity index is 2.14. The molecule has 0 saturated carbocycles. The molecular formula is C12H21N3OS. The first-order chi connectivity index (χ1) is 7.87. The van der Waals surface area contributed by atoms with Crippen LogP contribution in [0.25, 0.3) is 0 Å². The van der Waals surface area contributed by atoms with Crippen molar-refractivity contribution in [1.29, 1.82) is 0 Å². The van der Waals surface area contributed by atoms with Crippen LogP contribution in [0.4, 0.5) is 0 Å². The normalized spacial score (nSPS) is 11.5. The maximum atomic E-state index is 11.5. The molecule has 17 heavy (non-hydrogen) atoms. The Labute approximate surface area is 107 Å². The number of carbonyl (C=O) groups is 1. The molecule has 0 aliphatic heterocycles. The zero-order chi connectivity index (χ0) is 12.9. The van der Waals surface area contributed by atoms with Crippen LogP contribution in [0.1, 0.15) is 33.6 Å². The Kier molecular flexibility index (Phi) is 5.05. The first kappa shape index (κ1) is 14.1. The number of nitrogens with zero attached hydrogens (tertiary/aromatic N) is 2. The average molecular weight is 255 g/mol. The standard InChI is InChI=1S/C12H21N3OS/c1-12(2,3)14-11(16)6-5-7-17-10-8-13-15(4)9-10/h8-9H,5-7H2,1-4H3,(H,14,16). The van der Waals surface area contributed by atoms with Gasteiger partial charge in [-0.15, -0.1) is 11.8 Å². The number of aryl methyl sites for hydroxylation is 1. The molecule has 1 N–H and O–H groups in total. The fourth-order valence-corrected chi connectivity index (χ4v) is 2.25. The van der Waals surface area contributed by atoms with Crippen molar-refractivity contribution in [3.63, 3.8) is 0 Å². The van der Waals surface area contributed by atoms with Gasteiger partial charge in [-0.1, -0.05) is 0 Å². The third kappa shape index (κ3) is 6.36. The zero-order valence-electron chi connectivity index (χ0n) is 11.0. The Bertz CT molecular complexity index is 368. The molecular weight excluding hydrogens is 234 g/mol. The lowest BCUT2D eigenvalue weighted by atomic mass is 10.1. The van der Waals surface area contributed by atoms with E-state index in [2.05, 4.69) is 10.4 Å². The molecule has 0 aromatic carbocycles. The summed E-state index contributed by atoms with van der Waals surface area (Å²) in [5.41, 5.74) is -0.131. The fourth-order valence-electron chi connectivity index (χ4n) is 1.38. The van der Waals surface area contributed by atoms with E-state index < -0.39 is 0 Å². The van der Waals surface area contributed by atoms with Gasteiger partial charge in [0.2, 0.25) is 5.91 Å². The Morgan fingerprint density at radius 1 is 1.53 bits per heavy atom. The lowest BCUT2D eigenvalue weighted by Gasteiger charge is -2.20. The van der Waals surface area contributed by atoms with E-state index in [4.69, 9.17) is 0 Å². The van der Waals surface area contributed by atoms with E-state index in [1.165, 1.54) is 0 Å². The molecule has 1 amide bonds. The second kappa shape index (κ2) is 6.10. The van der Waals surface area contributed by atoms with Gasteiger partial charge >= 0.3 is 0 Å². The highest BCUT2D eigenvalue weighted by Gasteiger charge is 2.12. The van der Waals surface area contributed by atoms with Gasteiger partial charge in [0.05, 0.1) is 6.20 Å². The van der Waals surface area contributed by atoms with Gasteiger partial charge < -0.3 is 5.32 Å². The zero-order valence-corrected chi connectivity index (χ0v) is 11.8. The van der Waals surface area contributed by atoms with E-state index in [1.54, 1.807) is 16.4 Å². The lowest BCUT2D eigenvalue weighted by molar-refractivity contribution is -0.122. The molecule has 0 spiro atoms. The van der Waals surface area contributed by atoms with Crippen molar-refractivity contribution in [1.82, 2.24) is 15.1 Å². The van der Waals surface area contributed by atoms with Crippen molar-refractivity contribution in [3.05, 3.63) is 12.4 Å². The van der Waals surface area contributed by atoms with Crippen molar-refractivity contribution in [2.45, 2.75) is 44.0 Å². The van der Waals surface area contributed by atoms with E-state index >= 15 is 0 Å². The first-order valence-electron chi connectivity index (χ1n) is 5.79. The van der Waals surface area contributed by atoms with Gasteiger partial charge in [-0.2, -0.15) is 5.10 Å². The number of rotatable bonds is 5. The third-order valence-corrected chi connectivity index (χ3v) is 3.05. The molecule has 1 aromatic heterocycles. The van der Waals surface area contributed by atoms with Gasteiger partial charge in [0.25, 0.3) is 0 Å². The first-order valence-corrected chi connectivity index (χ1v) is 6.78. The molecule has 0 unspecified atom stereocenters. The molecule has 1 heterocycles. The van der Waals surface area contributed by atoms with Crippen molar-refractivity contribution >= 4 is 17.7 Å². The van der Waals surface area contributed by atoms with E-state index in [9.17, 15) is 4.79 Å². The van der Waals surface area contributed by atoms with Crippen LogP contribution in [-0.2, 0) is 11.8 Å². The summed E-state index contributed by atoms with van der Waals surface area (Å²) < 4.78 is 1.79. The molecule has 0 aliphatic rings. The molecule has 1 rings (SSSR count). The monoisotopic (exact) mass is 255 g/mol. The molecule has 0 bridgehead atoms. The highest BCUT2D eigenvalue weighted by atomic mass is 32.2. The Morgan fingerprint density at radius 3 is 2.76 bits per heavy atom. The molecule has 0 atom stereocenters. The number of amides is 1. The van der Waals surface area contributed by atoms with Crippen molar-refractivity contribution in [2.24, 2.45) is 7.05 Å². The molecule has 5 heteroatoms.